The SMILES string of the molecule is CCC(=Cc1c(C)nn(C)c1-n1ccc2cnccc21)C(=O)O. The van der Waals surface area contributed by atoms with Crippen LogP contribution in [0.3, 0.4) is 0 Å². The van der Waals surface area contributed by atoms with E-state index in [9.17, 15) is 9.90 Å². The molecule has 23 heavy (non-hydrogen) atoms. The Balaban J connectivity index is 2.27. The molecule has 1 N–H and O–H groups in total. The maximum Gasteiger partial charge on any atom is 0.331 e. The normalized spacial score (nSPS) is 12.0. The number of fused-ring (bicyclic) bond motifs is 1. The monoisotopic (exact) mass is 310 g/mol. The van der Waals surface area contributed by atoms with Gasteiger partial charge in [0.2, 0.25) is 0 Å². The molecule has 118 valence electrons. The average molecular weight is 310 g/mol. The maximum absolute atomic E-state index is 11.4. The Morgan fingerprint density at radius 1 is 1.39 bits per heavy atom. The van der Waals surface area contributed by atoms with E-state index < -0.39 is 5.97 Å². The Bertz CT molecular complexity index is 918. The molecule has 0 amide bonds. The lowest BCUT2D eigenvalue weighted by Gasteiger charge is -2.08. The third-order valence-corrected chi connectivity index (χ3v) is 3.93. The quantitative estimate of drug-likeness (QED) is 0.752. The molecule has 0 spiro atoms. The zero-order valence-electron chi connectivity index (χ0n) is 13.3. The molecular formula is C17H18N4O2. The summed E-state index contributed by atoms with van der Waals surface area (Å²) in [5.74, 6) is -0.0563. The van der Waals surface area contributed by atoms with E-state index in [1.54, 1.807) is 23.2 Å². The Labute approximate surface area is 133 Å². The minimum absolute atomic E-state index is 0.362. The van der Waals surface area contributed by atoms with Crippen LogP contribution in [0, 0.1) is 6.92 Å². The van der Waals surface area contributed by atoms with Gasteiger partial charge in [-0.2, -0.15) is 5.10 Å². The Morgan fingerprint density at radius 2 is 2.17 bits per heavy atom. The number of carboxylic acid groups (broad SMARTS) is 1. The fourth-order valence-electron chi connectivity index (χ4n) is 2.77. The van der Waals surface area contributed by atoms with Crippen molar-refractivity contribution in [1.82, 2.24) is 19.3 Å². The summed E-state index contributed by atoms with van der Waals surface area (Å²) < 4.78 is 3.79. The number of carbonyl (C=O) groups is 1. The minimum atomic E-state index is -0.900. The molecule has 0 radical (unpaired) electrons. The van der Waals surface area contributed by atoms with Crippen LogP contribution in [0.25, 0.3) is 22.8 Å². The van der Waals surface area contributed by atoms with E-state index in [0.717, 1.165) is 28.0 Å². The van der Waals surface area contributed by atoms with Crippen molar-refractivity contribution in [3.05, 3.63) is 47.6 Å². The molecule has 6 heteroatoms. The van der Waals surface area contributed by atoms with Crippen molar-refractivity contribution in [2.24, 2.45) is 7.05 Å². The third kappa shape index (κ3) is 2.52. The lowest BCUT2D eigenvalue weighted by atomic mass is 10.1. The van der Waals surface area contributed by atoms with Gasteiger partial charge in [-0.1, -0.05) is 6.92 Å². The zero-order chi connectivity index (χ0) is 16.6. The topological polar surface area (TPSA) is 72.9 Å². The smallest absolute Gasteiger partial charge is 0.331 e. The summed E-state index contributed by atoms with van der Waals surface area (Å²) in [5, 5.41) is 14.8. The maximum atomic E-state index is 11.4. The van der Waals surface area contributed by atoms with Gasteiger partial charge in [0.25, 0.3) is 0 Å². The molecular weight excluding hydrogens is 292 g/mol. The molecule has 3 aromatic heterocycles. The molecule has 0 atom stereocenters. The molecule has 0 bridgehead atoms. The van der Waals surface area contributed by atoms with Gasteiger partial charge in [-0.3, -0.25) is 9.67 Å². The number of pyridine rings is 1. The Hall–Kier alpha value is -2.89. The zero-order valence-corrected chi connectivity index (χ0v) is 13.3. The Morgan fingerprint density at radius 3 is 2.87 bits per heavy atom. The largest absolute Gasteiger partial charge is 0.478 e. The van der Waals surface area contributed by atoms with Gasteiger partial charge >= 0.3 is 5.97 Å². The summed E-state index contributed by atoms with van der Waals surface area (Å²) in [7, 11) is 1.86. The van der Waals surface area contributed by atoms with Gasteiger partial charge in [0, 0.05) is 42.2 Å². The molecule has 0 aliphatic heterocycles. The van der Waals surface area contributed by atoms with Gasteiger partial charge in [-0.15, -0.1) is 0 Å². The van der Waals surface area contributed by atoms with E-state index in [1.807, 2.05) is 43.8 Å². The van der Waals surface area contributed by atoms with E-state index in [0.29, 0.717) is 12.0 Å². The van der Waals surface area contributed by atoms with Crippen molar-refractivity contribution in [1.29, 1.82) is 0 Å². The second-order valence-electron chi connectivity index (χ2n) is 5.39. The first-order chi connectivity index (χ1) is 11.0. The lowest BCUT2D eigenvalue weighted by Crippen LogP contribution is -2.04. The number of nitrogens with zero attached hydrogens (tertiary/aromatic N) is 4. The summed E-state index contributed by atoms with van der Waals surface area (Å²) >= 11 is 0. The third-order valence-electron chi connectivity index (χ3n) is 3.93. The average Bonchev–Trinajstić information content (AvgIpc) is 3.05. The molecule has 0 saturated heterocycles. The van der Waals surface area contributed by atoms with Crippen LogP contribution in [0.5, 0.6) is 0 Å². The van der Waals surface area contributed by atoms with Gasteiger partial charge in [-0.25, -0.2) is 4.79 Å². The van der Waals surface area contributed by atoms with Gasteiger partial charge in [-0.05, 0) is 31.6 Å². The fraction of sp³-hybridized carbons (Fsp3) is 0.235. The molecule has 3 heterocycles. The summed E-state index contributed by atoms with van der Waals surface area (Å²) in [5.41, 5.74) is 2.98. The molecule has 0 fully saturated rings. The van der Waals surface area contributed by atoms with Gasteiger partial charge in [0.05, 0.1) is 11.2 Å². The highest BCUT2D eigenvalue weighted by Gasteiger charge is 2.17. The standard InChI is InChI=1S/C17H18N4O2/c1-4-12(17(22)23)9-14-11(2)19-20(3)16(14)21-8-6-13-10-18-7-5-15(13)21/h5-10H,4H2,1-3H3,(H,22,23). The van der Waals surface area contributed by atoms with Crippen LogP contribution < -0.4 is 0 Å². The van der Waals surface area contributed by atoms with Crippen LogP contribution in [0.2, 0.25) is 0 Å². The van der Waals surface area contributed by atoms with Gasteiger partial charge in [0.1, 0.15) is 5.82 Å². The van der Waals surface area contributed by atoms with E-state index >= 15 is 0 Å². The van der Waals surface area contributed by atoms with Gasteiger partial charge in [0.15, 0.2) is 0 Å². The second-order valence-corrected chi connectivity index (χ2v) is 5.39. The molecule has 3 aromatic rings. The van der Waals surface area contributed by atoms with Crippen LogP contribution in [0.15, 0.2) is 36.3 Å². The summed E-state index contributed by atoms with van der Waals surface area (Å²) in [6.45, 7) is 3.72. The predicted octanol–water partition coefficient (Wildman–Crippen LogP) is 2.95. The van der Waals surface area contributed by atoms with Crippen LogP contribution >= 0.6 is 0 Å². The van der Waals surface area contributed by atoms with Crippen molar-refractivity contribution in [2.45, 2.75) is 20.3 Å². The molecule has 0 unspecified atom stereocenters. The van der Waals surface area contributed by atoms with E-state index in [4.69, 9.17) is 0 Å². The highest BCUT2D eigenvalue weighted by molar-refractivity contribution is 5.93. The highest BCUT2D eigenvalue weighted by atomic mass is 16.4. The van der Waals surface area contributed by atoms with Crippen LogP contribution in [-0.4, -0.2) is 30.4 Å². The fourth-order valence-corrected chi connectivity index (χ4v) is 2.77. The summed E-state index contributed by atoms with van der Waals surface area (Å²) in [4.78, 5) is 15.5. The van der Waals surface area contributed by atoms with Crippen molar-refractivity contribution < 1.29 is 9.90 Å². The lowest BCUT2D eigenvalue weighted by molar-refractivity contribution is -0.132. The first kappa shape index (κ1) is 15.0. The van der Waals surface area contributed by atoms with E-state index in [2.05, 4.69) is 10.1 Å². The molecule has 6 nitrogen and oxygen atoms in total. The first-order valence-corrected chi connectivity index (χ1v) is 7.41. The number of rotatable bonds is 4. The highest BCUT2D eigenvalue weighted by Crippen LogP contribution is 2.26. The van der Waals surface area contributed by atoms with Gasteiger partial charge < -0.3 is 9.67 Å². The number of hydrogen-bond donors (Lipinski definition) is 1. The number of carboxylic acids is 1. The molecule has 0 aliphatic carbocycles. The Kier molecular flexibility index (Phi) is 3.73. The van der Waals surface area contributed by atoms with Crippen molar-refractivity contribution in [2.75, 3.05) is 0 Å². The summed E-state index contributed by atoms with van der Waals surface area (Å²) in [6.07, 6.45) is 7.67. The molecule has 0 saturated carbocycles. The number of hydrogen-bond acceptors (Lipinski definition) is 3. The predicted molar refractivity (Wildman–Crippen MR) is 88.5 cm³/mol. The van der Waals surface area contributed by atoms with Crippen molar-refractivity contribution in [3.8, 4) is 5.82 Å². The minimum Gasteiger partial charge on any atom is -0.478 e. The number of aryl methyl sites for hydroxylation is 2. The number of aliphatic carboxylic acids is 1. The van der Waals surface area contributed by atoms with Crippen LogP contribution in [0.4, 0.5) is 0 Å². The molecule has 0 aliphatic rings. The second kappa shape index (κ2) is 5.72. The van der Waals surface area contributed by atoms with Crippen LogP contribution in [-0.2, 0) is 11.8 Å². The van der Waals surface area contributed by atoms with Crippen LogP contribution in [0.1, 0.15) is 24.6 Å². The summed E-state index contributed by atoms with van der Waals surface area (Å²) in [6, 6.07) is 3.92. The first-order valence-electron chi connectivity index (χ1n) is 7.41. The molecule has 0 aromatic carbocycles. The van der Waals surface area contributed by atoms with E-state index in [1.165, 1.54) is 0 Å². The van der Waals surface area contributed by atoms with Crippen molar-refractivity contribution in [3.63, 3.8) is 0 Å². The number of aromatic nitrogens is 4. The van der Waals surface area contributed by atoms with E-state index in [-0.39, 0.29) is 0 Å². The van der Waals surface area contributed by atoms with Crippen molar-refractivity contribution >= 4 is 22.9 Å². The molecule has 3 rings (SSSR count).